The maximum absolute atomic E-state index is 13.5. The molecule has 0 aliphatic carbocycles. The zero-order valence-corrected chi connectivity index (χ0v) is 18.0. The normalized spacial score (nSPS) is 16.4. The monoisotopic (exact) mass is 462 g/mol. The topological polar surface area (TPSA) is 118 Å². The molecular weight excluding hydrogens is 444 g/mol. The van der Waals surface area contributed by atoms with Gasteiger partial charge in [0, 0.05) is 12.1 Å². The van der Waals surface area contributed by atoms with Crippen LogP contribution in [0.5, 0.6) is 0 Å². The molecule has 9 heteroatoms. The minimum absolute atomic E-state index is 0.00151. The van der Waals surface area contributed by atoms with Gasteiger partial charge in [0.2, 0.25) is 15.9 Å². The smallest absolute Gasteiger partial charge is 0.373 e. The number of ketones is 1. The lowest BCUT2D eigenvalue weighted by molar-refractivity contribution is -0.151. The van der Waals surface area contributed by atoms with Crippen molar-refractivity contribution >= 4 is 32.9 Å². The number of benzene rings is 3. The number of rotatable bonds is 5. The predicted molar refractivity (Wildman–Crippen MR) is 119 cm³/mol. The van der Waals surface area contributed by atoms with E-state index in [0.717, 1.165) is 15.4 Å². The molecule has 0 saturated carbocycles. The van der Waals surface area contributed by atoms with Crippen molar-refractivity contribution in [2.45, 2.75) is 23.9 Å². The van der Waals surface area contributed by atoms with Crippen molar-refractivity contribution in [2.24, 2.45) is 0 Å². The van der Waals surface area contributed by atoms with Crippen LogP contribution in [0, 0.1) is 0 Å². The molecule has 1 aliphatic heterocycles. The van der Waals surface area contributed by atoms with Crippen LogP contribution in [0.1, 0.15) is 11.1 Å². The Morgan fingerprint density at radius 2 is 1.61 bits per heavy atom. The van der Waals surface area contributed by atoms with E-state index in [9.17, 15) is 23.1 Å². The Morgan fingerprint density at radius 3 is 2.30 bits per heavy atom. The number of nitrogens with zero attached hydrogens (tertiary/aromatic N) is 2. The number of aliphatic carboxylic acids is 1. The molecule has 0 unspecified atom stereocenters. The molecule has 0 spiro atoms. The van der Waals surface area contributed by atoms with Crippen molar-refractivity contribution in [1.82, 2.24) is 9.29 Å². The summed E-state index contributed by atoms with van der Waals surface area (Å²) in [4.78, 5) is 28.2. The average molecular weight is 462 g/mol. The Labute approximate surface area is 189 Å². The maximum atomic E-state index is 13.5. The number of aromatic nitrogens is 1. The number of carbonyl (C=O) groups excluding carboxylic acids is 1. The van der Waals surface area contributed by atoms with Crippen LogP contribution in [-0.4, -0.2) is 40.6 Å². The van der Waals surface area contributed by atoms with Crippen molar-refractivity contribution in [3.8, 4) is 11.5 Å². The Bertz CT molecular complexity index is 1460. The molecule has 0 radical (unpaired) electrons. The fraction of sp³-hybridized carbons (Fsp3) is 0.125. The third kappa shape index (κ3) is 3.71. The van der Waals surface area contributed by atoms with E-state index in [4.69, 9.17) is 4.42 Å². The molecule has 3 aromatic carbocycles. The minimum atomic E-state index is -4.16. The van der Waals surface area contributed by atoms with E-state index in [-0.39, 0.29) is 17.9 Å². The predicted octanol–water partition coefficient (Wildman–Crippen LogP) is 3.26. The SMILES string of the molecule is O=C(O)C(=O)[C@H]1Cc2ccccc2CN1S(=O)(=O)c1ccc(-c2nc3ccccc3o2)cc1. The second kappa shape index (κ2) is 7.95. The third-order valence-electron chi connectivity index (χ3n) is 5.72. The minimum Gasteiger partial charge on any atom is -0.475 e. The molecule has 166 valence electrons. The first-order valence-electron chi connectivity index (χ1n) is 10.2. The number of para-hydroxylation sites is 2. The van der Waals surface area contributed by atoms with Crippen molar-refractivity contribution in [1.29, 1.82) is 0 Å². The van der Waals surface area contributed by atoms with Gasteiger partial charge in [-0.1, -0.05) is 36.4 Å². The van der Waals surface area contributed by atoms with Gasteiger partial charge in [-0.25, -0.2) is 18.2 Å². The second-order valence-corrected chi connectivity index (χ2v) is 9.61. The number of carboxylic acids is 1. The number of fused-ring (bicyclic) bond motifs is 2. The van der Waals surface area contributed by atoms with Gasteiger partial charge in [0.25, 0.3) is 5.78 Å². The molecule has 5 rings (SSSR count). The van der Waals surface area contributed by atoms with E-state index >= 15 is 0 Å². The fourth-order valence-electron chi connectivity index (χ4n) is 4.02. The number of hydrogen-bond acceptors (Lipinski definition) is 6. The van der Waals surface area contributed by atoms with Gasteiger partial charge in [0.05, 0.1) is 10.9 Å². The van der Waals surface area contributed by atoms with Gasteiger partial charge in [0.15, 0.2) is 5.58 Å². The van der Waals surface area contributed by atoms with Gasteiger partial charge >= 0.3 is 5.97 Å². The highest BCUT2D eigenvalue weighted by atomic mass is 32.2. The van der Waals surface area contributed by atoms with Gasteiger partial charge in [-0.3, -0.25) is 4.79 Å². The molecule has 0 saturated heterocycles. The Hall–Kier alpha value is -3.82. The zero-order chi connectivity index (χ0) is 23.2. The molecule has 1 atom stereocenters. The molecule has 4 aromatic rings. The highest BCUT2D eigenvalue weighted by molar-refractivity contribution is 7.89. The summed E-state index contributed by atoms with van der Waals surface area (Å²) in [5.41, 5.74) is 3.39. The van der Waals surface area contributed by atoms with Crippen LogP contribution in [0.2, 0.25) is 0 Å². The zero-order valence-electron chi connectivity index (χ0n) is 17.2. The molecule has 33 heavy (non-hydrogen) atoms. The lowest BCUT2D eigenvalue weighted by atomic mass is 9.94. The summed E-state index contributed by atoms with van der Waals surface area (Å²) >= 11 is 0. The molecular formula is C24H18N2O6S. The van der Waals surface area contributed by atoms with E-state index < -0.39 is 27.8 Å². The summed E-state index contributed by atoms with van der Waals surface area (Å²) in [6.07, 6.45) is 0.00151. The van der Waals surface area contributed by atoms with Gasteiger partial charge in [-0.05, 0) is 53.9 Å². The molecule has 0 amide bonds. The number of hydrogen-bond donors (Lipinski definition) is 1. The summed E-state index contributed by atoms with van der Waals surface area (Å²) in [6.45, 7) is -0.0882. The first kappa shape index (κ1) is 21.0. The van der Waals surface area contributed by atoms with Crippen LogP contribution >= 0.6 is 0 Å². The molecule has 1 aliphatic rings. The first-order valence-corrected chi connectivity index (χ1v) is 11.6. The lowest BCUT2D eigenvalue weighted by Crippen LogP contribution is -2.50. The lowest BCUT2D eigenvalue weighted by Gasteiger charge is -2.34. The van der Waals surface area contributed by atoms with Crippen LogP contribution < -0.4 is 0 Å². The molecule has 0 fully saturated rings. The number of sulfonamides is 1. The number of carboxylic acid groups (broad SMARTS) is 1. The fourth-order valence-corrected chi connectivity index (χ4v) is 5.58. The molecule has 2 heterocycles. The van der Waals surface area contributed by atoms with Crippen LogP contribution in [-0.2, 0) is 32.6 Å². The van der Waals surface area contributed by atoms with Gasteiger partial charge in [-0.15, -0.1) is 0 Å². The number of Topliss-reactive ketones (excluding diaryl/α,β-unsaturated/α-hetero) is 1. The van der Waals surface area contributed by atoms with E-state index in [1.54, 1.807) is 42.5 Å². The third-order valence-corrected chi connectivity index (χ3v) is 7.59. The van der Waals surface area contributed by atoms with Crippen molar-refractivity contribution in [3.05, 3.63) is 83.9 Å². The van der Waals surface area contributed by atoms with E-state index in [2.05, 4.69) is 4.98 Å². The van der Waals surface area contributed by atoms with Gasteiger partial charge in [-0.2, -0.15) is 4.31 Å². The number of carbonyl (C=O) groups is 2. The van der Waals surface area contributed by atoms with E-state index in [0.29, 0.717) is 22.6 Å². The molecule has 1 N–H and O–H groups in total. The summed E-state index contributed by atoms with van der Waals surface area (Å²) in [5.74, 6) is -2.46. The Balaban J connectivity index is 1.51. The summed E-state index contributed by atoms with van der Waals surface area (Å²) in [7, 11) is -4.16. The Kier molecular flexibility index (Phi) is 5.07. The summed E-state index contributed by atoms with van der Waals surface area (Å²) < 4.78 is 33.6. The Morgan fingerprint density at radius 1 is 0.939 bits per heavy atom. The standard InChI is InChI=1S/C24H18N2O6S/c27-22(24(28)29)20-13-16-5-1-2-6-17(16)14-26(20)33(30,31)18-11-9-15(10-12-18)23-25-19-7-3-4-8-21(19)32-23/h1-12,20H,13-14H2,(H,28,29)/t20-/m1/s1. The molecule has 8 nitrogen and oxygen atoms in total. The van der Waals surface area contributed by atoms with Gasteiger partial charge in [0.1, 0.15) is 5.52 Å². The quantitative estimate of drug-likeness (QED) is 0.452. The number of oxazole rings is 1. The highest BCUT2D eigenvalue weighted by Gasteiger charge is 2.41. The van der Waals surface area contributed by atoms with Crippen LogP contribution in [0.25, 0.3) is 22.6 Å². The van der Waals surface area contributed by atoms with Gasteiger partial charge < -0.3 is 9.52 Å². The largest absolute Gasteiger partial charge is 0.475 e. The van der Waals surface area contributed by atoms with E-state index in [1.165, 1.54) is 12.1 Å². The maximum Gasteiger partial charge on any atom is 0.373 e. The highest BCUT2D eigenvalue weighted by Crippen LogP contribution is 2.31. The second-order valence-electron chi connectivity index (χ2n) is 7.72. The van der Waals surface area contributed by atoms with Crippen molar-refractivity contribution in [3.63, 3.8) is 0 Å². The average Bonchev–Trinajstić information content (AvgIpc) is 3.27. The van der Waals surface area contributed by atoms with Crippen molar-refractivity contribution < 1.29 is 27.5 Å². The van der Waals surface area contributed by atoms with Crippen LogP contribution in [0.3, 0.4) is 0 Å². The first-order chi connectivity index (χ1) is 15.8. The van der Waals surface area contributed by atoms with E-state index in [1.807, 2.05) is 18.2 Å². The summed E-state index contributed by atoms with van der Waals surface area (Å²) in [5, 5.41) is 9.27. The summed E-state index contributed by atoms with van der Waals surface area (Å²) in [6, 6.07) is 19.0. The van der Waals surface area contributed by atoms with Crippen LogP contribution in [0.15, 0.2) is 82.1 Å². The molecule has 0 bridgehead atoms. The molecule has 1 aromatic heterocycles. The van der Waals surface area contributed by atoms with Crippen LogP contribution in [0.4, 0.5) is 0 Å². The van der Waals surface area contributed by atoms with Crippen molar-refractivity contribution in [2.75, 3.05) is 0 Å².